The smallest absolute Gasteiger partial charge is 0.293 e. The van der Waals surface area contributed by atoms with Gasteiger partial charge < -0.3 is 14.8 Å². The Hall–Kier alpha value is -2.70. The highest BCUT2D eigenvalue weighted by molar-refractivity contribution is 6.01. The number of hydrogen-bond donors (Lipinski definition) is 1. The van der Waals surface area contributed by atoms with Crippen molar-refractivity contribution in [3.63, 3.8) is 0 Å². The van der Waals surface area contributed by atoms with E-state index in [1.54, 1.807) is 0 Å². The van der Waals surface area contributed by atoms with Crippen LogP contribution in [-0.2, 0) is 17.8 Å². The van der Waals surface area contributed by atoms with Crippen LogP contribution in [0.1, 0.15) is 29.3 Å². The van der Waals surface area contributed by atoms with E-state index in [1.807, 2.05) is 39.8 Å². The summed E-state index contributed by atoms with van der Waals surface area (Å²) >= 11 is 0. The molecule has 2 aliphatic heterocycles. The van der Waals surface area contributed by atoms with Gasteiger partial charge in [0.05, 0.1) is 0 Å². The van der Waals surface area contributed by atoms with Crippen LogP contribution < -0.4 is 5.32 Å². The highest BCUT2D eigenvalue weighted by Crippen LogP contribution is 2.37. The number of carbonyl (C=O) groups excluding carboxylic acids is 2. The van der Waals surface area contributed by atoms with E-state index in [9.17, 15) is 9.59 Å². The van der Waals surface area contributed by atoms with Gasteiger partial charge in [-0.3, -0.25) is 9.59 Å². The minimum absolute atomic E-state index is 0.239. The van der Waals surface area contributed by atoms with Crippen LogP contribution >= 0.6 is 0 Å². The Labute approximate surface area is 151 Å². The van der Waals surface area contributed by atoms with E-state index in [-0.39, 0.29) is 11.8 Å². The number of hydrogen-bond acceptors (Lipinski definition) is 4. The number of fused-ring (bicyclic) bond motifs is 2. The molecule has 2 atom stereocenters. The molecule has 1 saturated carbocycles. The summed E-state index contributed by atoms with van der Waals surface area (Å²) in [6, 6.07) is 9.36. The third kappa shape index (κ3) is 2.67. The molecule has 2 fully saturated rings. The van der Waals surface area contributed by atoms with Crippen LogP contribution in [0.2, 0.25) is 0 Å². The fourth-order valence-electron chi connectivity index (χ4n) is 4.17. The lowest BCUT2D eigenvalue weighted by atomic mass is 9.89. The van der Waals surface area contributed by atoms with E-state index < -0.39 is 0 Å². The Kier molecular flexibility index (Phi) is 3.55. The van der Waals surface area contributed by atoms with Gasteiger partial charge in [-0.2, -0.15) is 0 Å². The third-order valence-corrected chi connectivity index (χ3v) is 5.74. The molecule has 0 radical (unpaired) electrons. The van der Waals surface area contributed by atoms with Gasteiger partial charge in [0.2, 0.25) is 11.7 Å². The number of rotatable bonds is 3. The number of carbonyl (C=O) groups is 2. The van der Waals surface area contributed by atoms with E-state index in [1.165, 1.54) is 0 Å². The second kappa shape index (κ2) is 5.93. The lowest BCUT2D eigenvalue weighted by molar-refractivity contribution is -0.131. The standard InChI is InChI=1S/C19H21N5O2/c25-18(20-15-4-2-1-3-5-15)17-22-21-16-8-13-9-23(19(26)12-6-7-12)10-14(13)11-24(16)17/h1-5,12-14H,6-11H2,(H,20,25). The molecule has 3 aliphatic rings. The van der Waals surface area contributed by atoms with E-state index >= 15 is 0 Å². The lowest BCUT2D eigenvalue weighted by Gasteiger charge is -2.25. The number of amides is 2. The maximum atomic E-state index is 12.6. The van der Waals surface area contributed by atoms with Crippen LogP contribution in [0.25, 0.3) is 0 Å². The predicted molar refractivity (Wildman–Crippen MR) is 94.4 cm³/mol. The van der Waals surface area contributed by atoms with Crippen molar-refractivity contribution in [2.24, 2.45) is 17.8 Å². The normalized spacial score (nSPS) is 24.1. The molecule has 0 bridgehead atoms. The summed E-state index contributed by atoms with van der Waals surface area (Å²) in [5.41, 5.74) is 0.741. The second-order valence-corrected chi connectivity index (χ2v) is 7.61. The number of aromatic nitrogens is 3. The van der Waals surface area contributed by atoms with Crippen LogP contribution in [0.5, 0.6) is 0 Å². The van der Waals surface area contributed by atoms with Crippen LogP contribution in [0.15, 0.2) is 30.3 Å². The quantitative estimate of drug-likeness (QED) is 0.910. The first kappa shape index (κ1) is 15.5. The Balaban J connectivity index is 1.32. The number of likely N-dealkylation sites (tertiary alicyclic amines) is 1. The molecule has 1 N–H and O–H groups in total. The Bertz CT molecular complexity index is 858. The van der Waals surface area contributed by atoms with Crippen molar-refractivity contribution in [1.82, 2.24) is 19.7 Å². The third-order valence-electron chi connectivity index (χ3n) is 5.74. The molecule has 26 heavy (non-hydrogen) atoms. The molecule has 2 unspecified atom stereocenters. The average molecular weight is 351 g/mol. The van der Waals surface area contributed by atoms with Crippen molar-refractivity contribution in [3.05, 3.63) is 42.0 Å². The Morgan fingerprint density at radius 1 is 1.00 bits per heavy atom. The molecular formula is C19H21N5O2. The monoisotopic (exact) mass is 351 g/mol. The highest BCUT2D eigenvalue weighted by Gasteiger charge is 2.43. The molecule has 1 aromatic carbocycles. The van der Waals surface area contributed by atoms with Crippen molar-refractivity contribution >= 4 is 17.5 Å². The minimum atomic E-state index is -0.239. The van der Waals surface area contributed by atoms with Crippen LogP contribution in [0, 0.1) is 17.8 Å². The van der Waals surface area contributed by atoms with Gasteiger partial charge in [0, 0.05) is 37.7 Å². The van der Waals surface area contributed by atoms with Gasteiger partial charge in [0.25, 0.3) is 5.91 Å². The highest BCUT2D eigenvalue weighted by atomic mass is 16.2. The lowest BCUT2D eigenvalue weighted by Crippen LogP contribution is -2.31. The van der Waals surface area contributed by atoms with Crippen molar-refractivity contribution in [3.8, 4) is 0 Å². The molecule has 1 aromatic heterocycles. The van der Waals surface area contributed by atoms with Crippen LogP contribution in [0.3, 0.4) is 0 Å². The number of anilines is 1. The zero-order chi connectivity index (χ0) is 17.7. The summed E-state index contributed by atoms with van der Waals surface area (Å²) < 4.78 is 1.94. The molecule has 7 nitrogen and oxygen atoms in total. The molecule has 3 heterocycles. The van der Waals surface area contributed by atoms with Crippen molar-refractivity contribution < 1.29 is 9.59 Å². The summed E-state index contributed by atoms with van der Waals surface area (Å²) in [6.45, 7) is 2.31. The number of benzene rings is 1. The van der Waals surface area contributed by atoms with Gasteiger partial charge >= 0.3 is 0 Å². The van der Waals surface area contributed by atoms with Gasteiger partial charge in [-0.15, -0.1) is 10.2 Å². The summed E-state index contributed by atoms with van der Waals surface area (Å²) in [6.07, 6.45) is 2.87. The van der Waals surface area contributed by atoms with E-state index in [0.717, 1.165) is 43.9 Å². The molecule has 2 amide bonds. The zero-order valence-corrected chi connectivity index (χ0v) is 14.5. The maximum absolute atomic E-state index is 12.6. The SMILES string of the molecule is O=C(Nc1ccccc1)c1nnc2n1CC1CN(C(=O)C3CC3)CC1C2. The second-order valence-electron chi connectivity index (χ2n) is 7.61. The fraction of sp³-hybridized carbons (Fsp3) is 0.474. The van der Waals surface area contributed by atoms with Gasteiger partial charge in [-0.25, -0.2) is 0 Å². The Morgan fingerprint density at radius 3 is 2.54 bits per heavy atom. The zero-order valence-electron chi connectivity index (χ0n) is 14.5. The van der Waals surface area contributed by atoms with Crippen molar-refractivity contribution in [1.29, 1.82) is 0 Å². The molecular weight excluding hydrogens is 330 g/mol. The van der Waals surface area contributed by atoms with E-state index in [4.69, 9.17) is 0 Å². The summed E-state index contributed by atoms with van der Waals surface area (Å²) in [5, 5.41) is 11.3. The molecule has 2 aromatic rings. The molecule has 0 spiro atoms. The van der Waals surface area contributed by atoms with Gasteiger partial charge in [-0.05, 0) is 36.8 Å². The fourth-order valence-corrected chi connectivity index (χ4v) is 4.17. The first-order valence-corrected chi connectivity index (χ1v) is 9.26. The molecule has 1 saturated heterocycles. The molecule has 1 aliphatic carbocycles. The van der Waals surface area contributed by atoms with Gasteiger partial charge in [0.1, 0.15) is 5.82 Å². The van der Waals surface area contributed by atoms with Gasteiger partial charge in [0.15, 0.2) is 0 Å². The number of nitrogens with zero attached hydrogens (tertiary/aromatic N) is 4. The van der Waals surface area contributed by atoms with Crippen molar-refractivity contribution in [2.75, 3.05) is 18.4 Å². The van der Waals surface area contributed by atoms with Crippen molar-refractivity contribution in [2.45, 2.75) is 25.8 Å². The first-order valence-electron chi connectivity index (χ1n) is 9.26. The van der Waals surface area contributed by atoms with E-state index in [2.05, 4.69) is 15.5 Å². The summed E-state index contributed by atoms with van der Waals surface area (Å²) in [5.74, 6) is 2.36. The molecule has 134 valence electrons. The van der Waals surface area contributed by atoms with Crippen LogP contribution in [-0.4, -0.2) is 44.6 Å². The predicted octanol–water partition coefficient (Wildman–Crippen LogP) is 1.57. The molecule has 5 rings (SSSR count). The number of nitrogens with one attached hydrogen (secondary N) is 1. The van der Waals surface area contributed by atoms with E-state index in [0.29, 0.717) is 30.1 Å². The average Bonchev–Trinajstić information content (AvgIpc) is 3.29. The number of para-hydroxylation sites is 1. The Morgan fingerprint density at radius 2 is 1.77 bits per heavy atom. The summed E-state index contributed by atoms with van der Waals surface area (Å²) in [7, 11) is 0. The first-order chi connectivity index (χ1) is 12.7. The van der Waals surface area contributed by atoms with Gasteiger partial charge in [-0.1, -0.05) is 18.2 Å². The minimum Gasteiger partial charge on any atom is -0.342 e. The largest absolute Gasteiger partial charge is 0.342 e. The summed E-state index contributed by atoms with van der Waals surface area (Å²) in [4.78, 5) is 27.0. The van der Waals surface area contributed by atoms with Crippen LogP contribution in [0.4, 0.5) is 5.69 Å². The maximum Gasteiger partial charge on any atom is 0.293 e. The molecule has 7 heteroatoms. The topological polar surface area (TPSA) is 80.1 Å².